The van der Waals surface area contributed by atoms with Gasteiger partial charge in [-0.3, -0.25) is 10.1 Å². The van der Waals surface area contributed by atoms with Gasteiger partial charge in [-0.2, -0.15) is 4.31 Å². The van der Waals surface area contributed by atoms with Crippen LogP contribution in [0.4, 0.5) is 5.69 Å². The molecule has 0 unspecified atom stereocenters. The van der Waals surface area contributed by atoms with Gasteiger partial charge in [0.1, 0.15) is 0 Å². The fourth-order valence-corrected chi connectivity index (χ4v) is 4.47. The number of benzene rings is 1. The van der Waals surface area contributed by atoms with Crippen LogP contribution in [0.25, 0.3) is 0 Å². The monoisotopic (exact) mass is 314 g/mol. The molecule has 0 aliphatic carbocycles. The largest absolute Gasteiger partial charge is 0.395 e. The first kappa shape index (κ1) is 15.9. The fraction of sp³-hybridized carbons (Fsp3) is 0.538. The molecule has 1 aliphatic rings. The van der Waals surface area contributed by atoms with Crippen LogP contribution in [0.15, 0.2) is 17.0 Å². The standard InChI is InChI=1S/C13H18N2O5S/c1-9-6-12(15(17)18)13(7-10(9)2)21(19,20)14-5-3-4-11(14)8-16/h6-7,11,16H,3-5,8H2,1-2H3/t11-/m0/s1. The Labute approximate surface area is 123 Å². The second kappa shape index (κ2) is 5.70. The topological polar surface area (TPSA) is 101 Å². The minimum Gasteiger partial charge on any atom is -0.395 e. The van der Waals surface area contributed by atoms with E-state index in [4.69, 9.17) is 0 Å². The minimum absolute atomic E-state index is 0.275. The molecular weight excluding hydrogens is 296 g/mol. The van der Waals surface area contributed by atoms with Gasteiger partial charge in [0, 0.05) is 18.7 Å². The average molecular weight is 314 g/mol. The SMILES string of the molecule is Cc1cc([N+](=O)[O-])c(S(=O)(=O)N2CCC[C@H]2CO)cc1C. The first-order valence-corrected chi connectivity index (χ1v) is 8.11. The van der Waals surface area contributed by atoms with Crippen LogP contribution >= 0.6 is 0 Å². The number of aryl methyl sites for hydroxylation is 2. The molecule has 2 rings (SSSR count). The molecule has 1 aliphatic heterocycles. The molecule has 0 spiro atoms. The summed E-state index contributed by atoms with van der Waals surface area (Å²) < 4.78 is 26.6. The van der Waals surface area contributed by atoms with Crippen LogP contribution < -0.4 is 0 Å². The van der Waals surface area contributed by atoms with Crippen LogP contribution in [0.1, 0.15) is 24.0 Å². The molecule has 7 nitrogen and oxygen atoms in total. The Morgan fingerprint density at radius 3 is 2.57 bits per heavy atom. The highest BCUT2D eigenvalue weighted by Crippen LogP contribution is 2.33. The zero-order valence-corrected chi connectivity index (χ0v) is 12.8. The van der Waals surface area contributed by atoms with E-state index in [1.165, 1.54) is 16.4 Å². The molecule has 0 amide bonds. The van der Waals surface area contributed by atoms with Crippen LogP contribution in [-0.2, 0) is 10.0 Å². The molecule has 1 aromatic carbocycles. The number of hydrogen-bond acceptors (Lipinski definition) is 5. The number of nitro groups is 1. The number of nitro benzene ring substituents is 1. The van der Waals surface area contributed by atoms with E-state index in [0.29, 0.717) is 24.0 Å². The van der Waals surface area contributed by atoms with Gasteiger partial charge in [-0.05, 0) is 43.9 Å². The van der Waals surface area contributed by atoms with Crippen molar-refractivity contribution in [1.29, 1.82) is 0 Å². The van der Waals surface area contributed by atoms with Gasteiger partial charge < -0.3 is 5.11 Å². The van der Waals surface area contributed by atoms with Crippen molar-refractivity contribution in [2.75, 3.05) is 13.2 Å². The normalized spacial score (nSPS) is 19.9. The lowest BCUT2D eigenvalue weighted by molar-refractivity contribution is -0.387. The van der Waals surface area contributed by atoms with Crippen LogP contribution in [-0.4, -0.2) is 41.9 Å². The molecule has 0 radical (unpaired) electrons. The van der Waals surface area contributed by atoms with E-state index in [0.717, 1.165) is 0 Å². The highest BCUT2D eigenvalue weighted by Gasteiger charge is 2.38. The number of hydrogen-bond donors (Lipinski definition) is 1. The van der Waals surface area contributed by atoms with Crippen LogP contribution in [0, 0.1) is 24.0 Å². The number of aliphatic hydroxyl groups excluding tert-OH is 1. The van der Waals surface area contributed by atoms with E-state index in [1.54, 1.807) is 13.8 Å². The van der Waals surface area contributed by atoms with E-state index in [2.05, 4.69) is 0 Å². The minimum atomic E-state index is -3.98. The van der Waals surface area contributed by atoms with E-state index < -0.39 is 26.7 Å². The maximum atomic E-state index is 12.7. The summed E-state index contributed by atoms with van der Waals surface area (Å²) in [6.45, 7) is 3.41. The van der Waals surface area contributed by atoms with Crippen molar-refractivity contribution in [2.24, 2.45) is 0 Å². The van der Waals surface area contributed by atoms with Gasteiger partial charge in [-0.1, -0.05) is 0 Å². The van der Waals surface area contributed by atoms with E-state index in [-0.39, 0.29) is 18.0 Å². The predicted molar refractivity (Wildman–Crippen MR) is 76.6 cm³/mol. The predicted octanol–water partition coefficient (Wildman–Crippen LogP) is 1.36. The molecule has 21 heavy (non-hydrogen) atoms. The molecule has 1 N–H and O–H groups in total. The Morgan fingerprint density at radius 1 is 1.38 bits per heavy atom. The molecule has 8 heteroatoms. The van der Waals surface area contributed by atoms with Gasteiger partial charge in [0.2, 0.25) is 10.0 Å². The molecule has 1 heterocycles. The molecule has 1 fully saturated rings. The van der Waals surface area contributed by atoms with E-state index >= 15 is 0 Å². The van der Waals surface area contributed by atoms with Gasteiger partial charge >= 0.3 is 0 Å². The van der Waals surface area contributed by atoms with Gasteiger partial charge in [0.05, 0.1) is 11.5 Å². The van der Waals surface area contributed by atoms with Gasteiger partial charge in [0.15, 0.2) is 4.90 Å². The summed E-state index contributed by atoms with van der Waals surface area (Å²) in [5.74, 6) is 0. The Kier molecular flexibility index (Phi) is 4.31. The van der Waals surface area contributed by atoms with Crippen molar-refractivity contribution in [1.82, 2.24) is 4.31 Å². The summed E-state index contributed by atoms with van der Waals surface area (Å²) in [7, 11) is -3.98. The van der Waals surface area contributed by atoms with Gasteiger partial charge in [-0.15, -0.1) is 0 Å². The van der Waals surface area contributed by atoms with Crippen molar-refractivity contribution in [3.63, 3.8) is 0 Å². The third kappa shape index (κ3) is 2.78. The molecule has 0 aromatic heterocycles. The second-order valence-electron chi connectivity index (χ2n) is 5.26. The molecule has 1 aromatic rings. The summed E-state index contributed by atoms with van der Waals surface area (Å²) >= 11 is 0. The zero-order valence-electron chi connectivity index (χ0n) is 11.9. The van der Waals surface area contributed by atoms with Crippen molar-refractivity contribution >= 4 is 15.7 Å². The van der Waals surface area contributed by atoms with Crippen molar-refractivity contribution in [3.8, 4) is 0 Å². The molecule has 116 valence electrons. The maximum Gasteiger partial charge on any atom is 0.289 e. The summed E-state index contributed by atoms with van der Waals surface area (Å²) in [6.07, 6.45) is 1.21. The number of aliphatic hydroxyl groups is 1. The highest BCUT2D eigenvalue weighted by atomic mass is 32.2. The number of nitrogens with zero attached hydrogens (tertiary/aromatic N) is 2. The quantitative estimate of drug-likeness (QED) is 0.668. The summed E-state index contributed by atoms with van der Waals surface area (Å²) in [6, 6.07) is 2.12. The lowest BCUT2D eigenvalue weighted by Crippen LogP contribution is -2.37. The van der Waals surface area contributed by atoms with Crippen molar-refractivity contribution in [2.45, 2.75) is 37.6 Å². The number of rotatable bonds is 4. The van der Waals surface area contributed by atoms with E-state index in [9.17, 15) is 23.6 Å². The van der Waals surface area contributed by atoms with Crippen LogP contribution in [0.5, 0.6) is 0 Å². The molecule has 1 atom stereocenters. The molecule has 0 saturated carbocycles. The highest BCUT2D eigenvalue weighted by molar-refractivity contribution is 7.89. The Morgan fingerprint density at radius 2 is 2.00 bits per heavy atom. The van der Waals surface area contributed by atoms with Crippen LogP contribution in [0.2, 0.25) is 0 Å². The summed E-state index contributed by atoms with van der Waals surface area (Å²) in [5.41, 5.74) is 0.932. The Hall–Kier alpha value is -1.51. The van der Waals surface area contributed by atoms with Crippen LogP contribution in [0.3, 0.4) is 0 Å². The van der Waals surface area contributed by atoms with Crippen molar-refractivity contribution in [3.05, 3.63) is 33.4 Å². The molecular formula is C13H18N2O5S. The lowest BCUT2D eigenvalue weighted by Gasteiger charge is -2.22. The maximum absolute atomic E-state index is 12.7. The van der Waals surface area contributed by atoms with E-state index in [1.807, 2.05) is 0 Å². The third-order valence-corrected chi connectivity index (χ3v) is 5.87. The smallest absolute Gasteiger partial charge is 0.289 e. The first-order chi connectivity index (χ1) is 9.78. The Bertz CT molecular complexity index is 671. The summed E-state index contributed by atoms with van der Waals surface area (Å²) in [5, 5.41) is 20.5. The Balaban J connectivity index is 2.59. The lowest BCUT2D eigenvalue weighted by atomic mass is 10.1. The third-order valence-electron chi connectivity index (χ3n) is 3.89. The summed E-state index contributed by atoms with van der Waals surface area (Å²) in [4.78, 5) is 10.2. The first-order valence-electron chi connectivity index (χ1n) is 6.67. The van der Waals surface area contributed by atoms with Gasteiger partial charge in [0.25, 0.3) is 5.69 Å². The zero-order chi connectivity index (χ0) is 15.8. The number of sulfonamides is 1. The molecule has 1 saturated heterocycles. The average Bonchev–Trinajstić information content (AvgIpc) is 2.90. The fourth-order valence-electron chi connectivity index (χ4n) is 2.56. The van der Waals surface area contributed by atoms with Gasteiger partial charge in [-0.25, -0.2) is 8.42 Å². The molecule has 0 bridgehead atoms. The second-order valence-corrected chi connectivity index (χ2v) is 7.11. The van der Waals surface area contributed by atoms with Crippen molar-refractivity contribution < 1.29 is 18.4 Å².